The van der Waals surface area contributed by atoms with E-state index in [0.717, 1.165) is 5.75 Å². The molecule has 0 radical (unpaired) electrons. The molecule has 174 valence electrons. The van der Waals surface area contributed by atoms with E-state index in [4.69, 9.17) is 16.3 Å². The molecule has 0 saturated heterocycles. The normalized spacial score (nSPS) is 11.6. The summed E-state index contributed by atoms with van der Waals surface area (Å²) in [5.74, 6) is 1.08. The molecule has 2 aromatic carbocycles. The van der Waals surface area contributed by atoms with Crippen molar-refractivity contribution < 1.29 is 14.3 Å². The van der Waals surface area contributed by atoms with Crippen LogP contribution in [0.5, 0.6) is 5.75 Å². The van der Waals surface area contributed by atoms with Crippen LogP contribution >= 0.6 is 23.4 Å². The van der Waals surface area contributed by atoms with Crippen LogP contribution in [0.1, 0.15) is 43.0 Å². The predicted octanol–water partition coefficient (Wildman–Crippen LogP) is 4.57. The Labute approximate surface area is 202 Å². The van der Waals surface area contributed by atoms with E-state index in [9.17, 15) is 9.59 Å². The number of aromatic nitrogens is 3. The molecule has 8 nitrogen and oxygen atoms in total. The highest BCUT2D eigenvalue weighted by Crippen LogP contribution is 2.22. The number of benzene rings is 2. The van der Waals surface area contributed by atoms with Crippen LogP contribution in [-0.4, -0.2) is 38.9 Å². The molecule has 1 atom stereocenters. The highest BCUT2D eigenvalue weighted by atomic mass is 35.5. The summed E-state index contributed by atoms with van der Waals surface area (Å²) in [5, 5.41) is 15.2. The Morgan fingerprint density at radius 3 is 2.52 bits per heavy atom. The number of nitrogens with zero attached hydrogens (tertiary/aromatic N) is 3. The fourth-order valence-electron chi connectivity index (χ4n) is 3.14. The van der Waals surface area contributed by atoms with E-state index in [-0.39, 0.29) is 17.6 Å². The SMILES string of the molecule is CCOc1ccc(NC(=O)CSc2nnc([C@H](C)NC(=O)c3ccccc3Cl)n2CC)cc1. The Morgan fingerprint density at radius 1 is 1.12 bits per heavy atom. The van der Waals surface area contributed by atoms with Gasteiger partial charge in [-0.2, -0.15) is 0 Å². The average molecular weight is 488 g/mol. The maximum absolute atomic E-state index is 12.6. The van der Waals surface area contributed by atoms with E-state index in [1.807, 2.05) is 37.5 Å². The second-order valence-electron chi connectivity index (χ2n) is 7.05. The number of anilines is 1. The first-order valence-corrected chi connectivity index (χ1v) is 11.9. The van der Waals surface area contributed by atoms with Crippen molar-refractivity contribution in [3.8, 4) is 5.75 Å². The summed E-state index contributed by atoms with van der Waals surface area (Å²) < 4.78 is 7.29. The van der Waals surface area contributed by atoms with Gasteiger partial charge in [-0.3, -0.25) is 9.59 Å². The molecule has 0 unspecified atom stereocenters. The number of carbonyl (C=O) groups excluding carboxylic acids is 2. The van der Waals surface area contributed by atoms with Gasteiger partial charge in [0.1, 0.15) is 5.75 Å². The maximum Gasteiger partial charge on any atom is 0.253 e. The summed E-state index contributed by atoms with van der Waals surface area (Å²) in [7, 11) is 0. The lowest BCUT2D eigenvalue weighted by Gasteiger charge is -2.15. The summed E-state index contributed by atoms with van der Waals surface area (Å²) in [6.07, 6.45) is 0. The van der Waals surface area contributed by atoms with Gasteiger partial charge < -0.3 is 19.9 Å². The van der Waals surface area contributed by atoms with E-state index >= 15 is 0 Å². The Hall–Kier alpha value is -3.04. The Morgan fingerprint density at radius 2 is 1.85 bits per heavy atom. The molecule has 0 aliphatic carbocycles. The van der Waals surface area contributed by atoms with Gasteiger partial charge in [0.2, 0.25) is 5.91 Å². The van der Waals surface area contributed by atoms with Gasteiger partial charge in [0.25, 0.3) is 5.91 Å². The zero-order valence-corrected chi connectivity index (χ0v) is 20.2. The van der Waals surface area contributed by atoms with E-state index < -0.39 is 6.04 Å². The summed E-state index contributed by atoms with van der Waals surface area (Å²) in [6.45, 7) is 6.89. The van der Waals surface area contributed by atoms with Gasteiger partial charge in [-0.05, 0) is 57.2 Å². The van der Waals surface area contributed by atoms with Crippen LogP contribution in [-0.2, 0) is 11.3 Å². The van der Waals surface area contributed by atoms with Crippen molar-refractivity contribution in [2.24, 2.45) is 0 Å². The second-order valence-corrected chi connectivity index (χ2v) is 8.40. The molecule has 3 rings (SSSR count). The molecule has 2 N–H and O–H groups in total. The van der Waals surface area contributed by atoms with Gasteiger partial charge in [-0.1, -0.05) is 35.5 Å². The highest BCUT2D eigenvalue weighted by molar-refractivity contribution is 7.99. The first kappa shape index (κ1) is 24.6. The van der Waals surface area contributed by atoms with E-state index in [1.165, 1.54) is 11.8 Å². The molecule has 1 aromatic heterocycles. The quantitative estimate of drug-likeness (QED) is 0.406. The van der Waals surface area contributed by atoms with Crippen molar-refractivity contribution in [2.45, 2.75) is 38.5 Å². The minimum atomic E-state index is -0.395. The van der Waals surface area contributed by atoms with Crippen LogP contribution in [0.3, 0.4) is 0 Å². The Bertz CT molecular complexity index is 1100. The molecule has 0 bridgehead atoms. The molecule has 0 spiro atoms. The van der Waals surface area contributed by atoms with Crippen LogP contribution < -0.4 is 15.4 Å². The third kappa shape index (κ3) is 6.49. The molecule has 3 aromatic rings. The maximum atomic E-state index is 12.6. The molecule has 33 heavy (non-hydrogen) atoms. The number of amides is 2. The smallest absolute Gasteiger partial charge is 0.253 e. The first-order valence-electron chi connectivity index (χ1n) is 10.6. The van der Waals surface area contributed by atoms with Crippen molar-refractivity contribution >= 4 is 40.9 Å². The van der Waals surface area contributed by atoms with Crippen LogP contribution in [0, 0.1) is 0 Å². The van der Waals surface area contributed by atoms with Crippen LogP contribution in [0.2, 0.25) is 5.02 Å². The van der Waals surface area contributed by atoms with Crippen LogP contribution in [0.25, 0.3) is 0 Å². The number of ether oxygens (including phenoxy) is 1. The van der Waals surface area contributed by atoms with Gasteiger partial charge >= 0.3 is 0 Å². The molecule has 1 heterocycles. The fraction of sp³-hybridized carbons (Fsp3) is 0.304. The molecule has 0 aliphatic heterocycles. The largest absolute Gasteiger partial charge is 0.494 e. The number of rotatable bonds is 10. The number of hydrogen-bond acceptors (Lipinski definition) is 6. The highest BCUT2D eigenvalue weighted by Gasteiger charge is 2.21. The predicted molar refractivity (Wildman–Crippen MR) is 130 cm³/mol. The van der Waals surface area contributed by atoms with Crippen molar-refractivity contribution in [3.05, 3.63) is 64.9 Å². The van der Waals surface area contributed by atoms with Crippen molar-refractivity contribution in [3.63, 3.8) is 0 Å². The first-order chi connectivity index (χ1) is 15.9. The average Bonchev–Trinajstić information content (AvgIpc) is 3.22. The van der Waals surface area contributed by atoms with Crippen LogP contribution in [0.4, 0.5) is 5.69 Å². The summed E-state index contributed by atoms with van der Waals surface area (Å²) in [5.41, 5.74) is 1.09. The zero-order chi connectivity index (χ0) is 23.8. The van der Waals surface area contributed by atoms with E-state index in [1.54, 1.807) is 36.4 Å². The van der Waals surface area contributed by atoms with Crippen molar-refractivity contribution in [1.82, 2.24) is 20.1 Å². The fourth-order valence-corrected chi connectivity index (χ4v) is 4.17. The van der Waals surface area contributed by atoms with Gasteiger partial charge in [-0.15, -0.1) is 10.2 Å². The molecular formula is C23H26ClN5O3S. The molecule has 2 amide bonds. The molecule has 0 fully saturated rings. The standard InChI is InChI=1S/C23H26ClN5O3S/c1-4-29-21(15(3)25-22(31)18-8-6-7-9-19(18)24)27-28-23(29)33-14-20(30)26-16-10-12-17(13-11-16)32-5-2/h6-13,15H,4-5,14H2,1-3H3,(H,25,31)(H,26,30)/t15-/m0/s1. The molecular weight excluding hydrogens is 462 g/mol. The van der Waals surface area contributed by atoms with Crippen LogP contribution in [0.15, 0.2) is 53.7 Å². The van der Waals surface area contributed by atoms with E-state index in [2.05, 4.69) is 20.8 Å². The summed E-state index contributed by atoms with van der Waals surface area (Å²) >= 11 is 7.41. The Kier molecular flexibility index (Phi) is 8.73. The summed E-state index contributed by atoms with van der Waals surface area (Å²) in [4.78, 5) is 25.0. The lowest BCUT2D eigenvalue weighted by Crippen LogP contribution is -2.29. The van der Waals surface area contributed by atoms with Gasteiger partial charge in [-0.25, -0.2) is 0 Å². The van der Waals surface area contributed by atoms with Crippen molar-refractivity contribution in [2.75, 3.05) is 17.7 Å². The lowest BCUT2D eigenvalue weighted by atomic mass is 10.2. The van der Waals surface area contributed by atoms with E-state index in [0.29, 0.717) is 40.4 Å². The van der Waals surface area contributed by atoms with Gasteiger partial charge in [0.15, 0.2) is 11.0 Å². The number of halogens is 1. The second kappa shape index (κ2) is 11.7. The Balaban J connectivity index is 1.59. The number of carbonyl (C=O) groups is 2. The molecule has 0 aliphatic rings. The zero-order valence-electron chi connectivity index (χ0n) is 18.7. The number of hydrogen-bond donors (Lipinski definition) is 2. The summed E-state index contributed by atoms with van der Waals surface area (Å²) in [6, 6.07) is 13.7. The topological polar surface area (TPSA) is 98.1 Å². The third-order valence-corrected chi connectivity index (χ3v) is 5.99. The molecule has 0 saturated carbocycles. The lowest BCUT2D eigenvalue weighted by molar-refractivity contribution is -0.113. The molecule has 10 heteroatoms. The number of thioether (sulfide) groups is 1. The minimum absolute atomic E-state index is 0.156. The monoisotopic (exact) mass is 487 g/mol. The van der Waals surface area contributed by atoms with Gasteiger partial charge in [0, 0.05) is 12.2 Å². The van der Waals surface area contributed by atoms with Crippen molar-refractivity contribution in [1.29, 1.82) is 0 Å². The number of nitrogens with one attached hydrogen (secondary N) is 2. The minimum Gasteiger partial charge on any atom is -0.494 e. The third-order valence-electron chi connectivity index (χ3n) is 4.70. The van der Waals surface area contributed by atoms with Gasteiger partial charge in [0.05, 0.1) is 29.0 Å².